The fourth-order valence-electron chi connectivity index (χ4n) is 1.73. The first kappa shape index (κ1) is 21.3. The van der Waals surface area contributed by atoms with E-state index in [4.69, 9.17) is 5.11 Å². The summed E-state index contributed by atoms with van der Waals surface area (Å²) in [4.78, 5) is 9.60. The van der Waals surface area contributed by atoms with Gasteiger partial charge in [-0.3, -0.25) is 0 Å². The topological polar surface area (TPSA) is 37.3 Å². The summed E-state index contributed by atoms with van der Waals surface area (Å²) in [5.74, 6) is -0.935. The Hall–Kier alpha value is 0.00870. The Morgan fingerprint density at radius 1 is 1.11 bits per heavy atom. The van der Waals surface area contributed by atoms with Gasteiger partial charge in [0.2, 0.25) is 0 Å². The number of carbonyl (C=O) groups is 1. The third-order valence-electron chi connectivity index (χ3n) is 2.85. The van der Waals surface area contributed by atoms with Gasteiger partial charge in [-0.05, 0) is 6.92 Å². The monoisotopic (exact) mass is 376 g/mol. The summed E-state index contributed by atoms with van der Waals surface area (Å²) in [6, 6.07) is 0. The number of aliphatic carboxylic acids is 1. The van der Waals surface area contributed by atoms with Crippen molar-refractivity contribution in [3.63, 3.8) is 0 Å². The summed E-state index contributed by atoms with van der Waals surface area (Å²) in [7, 11) is 0. The maximum absolute atomic E-state index is 9.60. The van der Waals surface area contributed by atoms with Crippen LogP contribution in [0.1, 0.15) is 72.6 Å². The molecular formula is C16H32O2Sn. The molecule has 0 aliphatic carbocycles. The van der Waals surface area contributed by atoms with E-state index in [1.807, 2.05) is 0 Å². The van der Waals surface area contributed by atoms with Gasteiger partial charge in [0.1, 0.15) is 0 Å². The zero-order valence-electron chi connectivity index (χ0n) is 13.3. The van der Waals surface area contributed by atoms with E-state index in [1.165, 1.54) is 55.8 Å². The minimum absolute atomic E-state index is 0.0131. The molecule has 1 N–H and O–H groups in total. The molecule has 0 aliphatic heterocycles. The molecule has 0 fully saturated rings. The second-order valence-electron chi connectivity index (χ2n) is 5.02. The number of hydrogen-bond acceptors (Lipinski definition) is 1. The second-order valence-corrected chi connectivity index (χ2v) is 9.94. The Labute approximate surface area is 130 Å². The first-order chi connectivity index (χ1) is 8.99. The van der Waals surface area contributed by atoms with E-state index in [0.717, 1.165) is 0 Å². The van der Waals surface area contributed by atoms with E-state index < -0.39 is 5.97 Å². The van der Waals surface area contributed by atoms with E-state index in [-0.39, 0.29) is 26.7 Å². The van der Waals surface area contributed by atoms with E-state index in [9.17, 15) is 4.79 Å². The van der Waals surface area contributed by atoms with Crippen LogP contribution in [-0.4, -0.2) is 32.2 Å². The predicted octanol–water partition coefficient (Wildman–Crippen LogP) is 5.33. The molecule has 0 aliphatic rings. The van der Waals surface area contributed by atoms with Gasteiger partial charge in [-0.15, -0.1) is 0 Å². The average Bonchev–Trinajstić information content (AvgIpc) is 2.35. The summed E-state index contributed by atoms with van der Waals surface area (Å²) in [6.45, 7) is 11.6. The number of unbranched alkanes of at least 4 members (excludes halogenated alkanes) is 2. The molecule has 3 heteroatoms. The van der Waals surface area contributed by atoms with Gasteiger partial charge in [0.05, 0.1) is 0 Å². The molecule has 0 bridgehead atoms. The normalized spacial score (nSPS) is 9.95. The molecule has 2 radical (unpaired) electrons. The van der Waals surface area contributed by atoms with Crippen LogP contribution in [0.15, 0.2) is 12.2 Å². The maximum atomic E-state index is 9.60. The van der Waals surface area contributed by atoms with Crippen LogP contribution in [0.3, 0.4) is 0 Å². The molecule has 0 aromatic rings. The van der Waals surface area contributed by atoms with E-state index >= 15 is 0 Å². The van der Waals surface area contributed by atoms with Crippen LogP contribution in [0.4, 0.5) is 0 Å². The third kappa shape index (κ3) is 18.0. The molecular weight excluding hydrogens is 343 g/mol. The van der Waals surface area contributed by atoms with Gasteiger partial charge < -0.3 is 5.11 Å². The molecule has 0 heterocycles. The fraction of sp³-hybridized carbons (Fsp3) is 0.812. The fourth-order valence-corrected chi connectivity index (χ4v) is 7.00. The van der Waals surface area contributed by atoms with Crippen molar-refractivity contribution in [2.75, 3.05) is 0 Å². The molecule has 0 unspecified atom stereocenters. The number of carboxylic acid groups (broad SMARTS) is 1. The SMILES string of the molecule is C=C(C)C(=O)O.CCCC[CH2][Sn][CH](CCC)CCC. The predicted molar refractivity (Wildman–Crippen MR) is 86.1 cm³/mol. The van der Waals surface area contributed by atoms with Crippen LogP contribution in [0, 0.1) is 0 Å². The molecule has 19 heavy (non-hydrogen) atoms. The Morgan fingerprint density at radius 2 is 1.58 bits per heavy atom. The zero-order chi connectivity index (χ0) is 15.1. The van der Waals surface area contributed by atoms with E-state index in [1.54, 1.807) is 4.44 Å². The van der Waals surface area contributed by atoms with Gasteiger partial charge in [-0.2, -0.15) is 0 Å². The van der Waals surface area contributed by atoms with Crippen LogP contribution >= 0.6 is 0 Å². The van der Waals surface area contributed by atoms with Crippen molar-refractivity contribution in [3.8, 4) is 0 Å². The Bertz CT molecular complexity index is 209. The first-order valence-electron chi connectivity index (χ1n) is 7.61. The molecule has 0 spiro atoms. The minimum atomic E-state index is -0.935. The molecule has 0 atom stereocenters. The molecule has 0 saturated heterocycles. The van der Waals surface area contributed by atoms with Crippen molar-refractivity contribution >= 4 is 27.1 Å². The summed E-state index contributed by atoms with van der Waals surface area (Å²) < 4.78 is 2.84. The van der Waals surface area contributed by atoms with Crippen LogP contribution in [0.25, 0.3) is 0 Å². The van der Waals surface area contributed by atoms with Crippen LogP contribution in [0.5, 0.6) is 0 Å². The van der Waals surface area contributed by atoms with Crippen LogP contribution in [0.2, 0.25) is 8.37 Å². The van der Waals surface area contributed by atoms with Crippen molar-refractivity contribution in [2.45, 2.75) is 81.0 Å². The van der Waals surface area contributed by atoms with Crippen molar-refractivity contribution < 1.29 is 9.90 Å². The second kappa shape index (κ2) is 16.1. The quantitative estimate of drug-likeness (QED) is 0.318. The number of rotatable bonds is 10. The van der Waals surface area contributed by atoms with E-state index in [0.29, 0.717) is 0 Å². The van der Waals surface area contributed by atoms with Crippen LogP contribution < -0.4 is 0 Å². The molecule has 0 rings (SSSR count). The standard InChI is InChI=1S/C7H15.C5H11.C4H6O2.Sn/c1-3-5-7-6-4-2;1-3-5-4-2;1-3(2)4(5)6;/h7H,3-6H2,1-2H3;1,3-5H2,2H3;1H2,2H3,(H,5,6);. The van der Waals surface area contributed by atoms with Crippen molar-refractivity contribution in [2.24, 2.45) is 0 Å². The summed E-state index contributed by atoms with van der Waals surface area (Å²) >= 11 is 0.0131. The summed E-state index contributed by atoms with van der Waals surface area (Å²) in [5.41, 5.74) is 0.176. The van der Waals surface area contributed by atoms with Gasteiger partial charge in [-0.1, -0.05) is 6.58 Å². The Balaban J connectivity index is 0. The third-order valence-corrected chi connectivity index (χ3v) is 7.98. The van der Waals surface area contributed by atoms with Gasteiger partial charge >= 0.3 is 101 Å². The average molecular weight is 375 g/mol. The summed E-state index contributed by atoms with van der Waals surface area (Å²) in [6.07, 6.45) is 10.3. The first-order valence-corrected chi connectivity index (χ1v) is 11.3. The molecule has 0 saturated carbocycles. The molecule has 0 amide bonds. The van der Waals surface area contributed by atoms with Crippen molar-refractivity contribution in [1.82, 2.24) is 0 Å². The number of hydrogen-bond donors (Lipinski definition) is 1. The summed E-state index contributed by atoms with van der Waals surface area (Å²) in [5, 5.41) is 7.89. The molecule has 2 nitrogen and oxygen atoms in total. The van der Waals surface area contributed by atoms with Gasteiger partial charge in [0.25, 0.3) is 0 Å². The Kier molecular flexibility index (Phi) is 18.0. The van der Waals surface area contributed by atoms with Gasteiger partial charge in [-0.25, -0.2) is 4.79 Å². The van der Waals surface area contributed by atoms with E-state index in [2.05, 4.69) is 27.4 Å². The van der Waals surface area contributed by atoms with Crippen molar-refractivity contribution in [3.05, 3.63) is 12.2 Å². The molecule has 0 aromatic heterocycles. The van der Waals surface area contributed by atoms with Crippen LogP contribution in [-0.2, 0) is 4.79 Å². The molecule has 0 aromatic carbocycles. The van der Waals surface area contributed by atoms with Gasteiger partial charge in [0.15, 0.2) is 0 Å². The zero-order valence-corrected chi connectivity index (χ0v) is 16.2. The Morgan fingerprint density at radius 3 is 1.89 bits per heavy atom. The van der Waals surface area contributed by atoms with Gasteiger partial charge in [0, 0.05) is 5.57 Å². The van der Waals surface area contributed by atoms with Crippen molar-refractivity contribution in [1.29, 1.82) is 0 Å². The number of carboxylic acids is 1. The molecule has 112 valence electrons.